The van der Waals surface area contributed by atoms with E-state index in [1.54, 1.807) is 14.2 Å². The Hall–Kier alpha value is -4.07. The molecule has 0 atom stereocenters. The number of rotatable bonds is 5. The van der Waals surface area contributed by atoms with Crippen LogP contribution in [0, 0.1) is 6.92 Å². The Balaban J connectivity index is 1.60. The maximum absolute atomic E-state index is 13.4. The first-order valence-corrected chi connectivity index (χ1v) is 10.8. The summed E-state index contributed by atoms with van der Waals surface area (Å²) in [5.74, 6) is 1.37. The average molecular weight is 444 g/mol. The van der Waals surface area contributed by atoms with E-state index in [4.69, 9.17) is 9.72 Å². The van der Waals surface area contributed by atoms with Gasteiger partial charge in [0.1, 0.15) is 5.75 Å². The average Bonchev–Trinajstić information content (AvgIpc) is 3.40. The summed E-state index contributed by atoms with van der Waals surface area (Å²) in [6.45, 7) is 3.46. The lowest BCUT2D eigenvalue weighted by molar-refractivity contribution is 0.415. The molecule has 0 bridgehead atoms. The summed E-state index contributed by atoms with van der Waals surface area (Å²) in [7, 11) is 3.29. The van der Waals surface area contributed by atoms with E-state index >= 15 is 0 Å². The van der Waals surface area contributed by atoms with Crippen LogP contribution in [0.25, 0.3) is 17.2 Å². The number of hydrogen-bond acceptors (Lipinski definition) is 5. The summed E-state index contributed by atoms with van der Waals surface area (Å²) in [5.41, 5.74) is 3.11. The van der Waals surface area contributed by atoms with Crippen LogP contribution in [0.1, 0.15) is 11.1 Å². The van der Waals surface area contributed by atoms with Crippen LogP contribution in [-0.4, -0.2) is 32.3 Å². The molecule has 0 spiro atoms. The number of fused-ring (bicyclic) bond motifs is 3. The lowest BCUT2D eigenvalue weighted by Crippen LogP contribution is -2.39. The summed E-state index contributed by atoms with van der Waals surface area (Å²) in [5, 5.41) is 0. The molecule has 8 nitrogen and oxygen atoms in total. The normalized spacial score (nSPS) is 13.2. The maximum Gasteiger partial charge on any atom is 0.332 e. The number of benzene rings is 2. The van der Waals surface area contributed by atoms with E-state index in [1.807, 2.05) is 77.1 Å². The van der Waals surface area contributed by atoms with E-state index in [9.17, 15) is 9.59 Å². The highest BCUT2D eigenvalue weighted by molar-refractivity contribution is 5.79. The van der Waals surface area contributed by atoms with Crippen LogP contribution in [0.3, 0.4) is 0 Å². The van der Waals surface area contributed by atoms with Gasteiger partial charge in [0.25, 0.3) is 5.56 Å². The molecule has 0 aliphatic carbocycles. The largest absolute Gasteiger partial charge is 0.495 e. The SMILES string of the molecule is COc1ccc(C)cc1N1CCn2c1nc1c2c(=O)n(CC=Cc2ccccc2)c(=O)n1C. The molecule has 2 aromatic carbocycles. The molecule has 8 heteroatoms. The van der Waals surface area contributed by atoms with Gasteiger partial charge < -0.3 is 14.2 Å². The number of ether oxygens (including phenoxy) is 1. The fraction of sp³-hybridized carbons (Fsp3) is 0.240. The molecule has 33 heavy (non-hydrogen) atoms. The van der Waals surface area contributed by atoms with Crippen molar-refractivity contribution in [1.29, 1.82) is 0 Å². The topological polar surface area (TPSA) is 74.3 Å². The fourth-order valence-electron chi connectivity index (χ4n) is 4.34. The lowest BCUT2D eigenvalue weighted by atomic mass is 10.2. The molecule has 4 aromatic rings. The smallest absolute Gasteiger partial charge is 0.332 e. The van der Waals surface area contributed by atoms with Crippen molar-refractivity contribution in [3.63, 3.8) is 0 Å². The fourth-order valence-corrected chi connectivity index (χ4v) is 4.34. The predicted octanol–water partition coefficient (Wildman–Crippen LogP) is 3.08. The second-order valence-electron chi connectivity index (χ2n) is 8.13. The van der Waals surface area contributed by atoms with Crippen molar-refractivity contribution >= 4 is 28.9 Å². The van der Waals surface area contributed by atoms with E-state index in [2.05, 4.69) is 0 Å². The zero-order valence-corrected chi connectivity index (χ0v) is 18.9. The summed E-state index contributed by atoms with van der Waals surface area (Å²) in [6.07, 6.45) is 3.73. The third-order valence-electron chi connectivity index (χ3n) is 6.02. The maximum atomic E-state index is 13.4. The van der Waals surface area contributed by atoms with Gasteiger partial charge in [-0.25, -0.2) is 4.79 Å². The van der Waals surface area contributed by atoms with Gasteiger partial charge in [0.15, 0.2) is 11.2 Å². The summed E-state index contributed by atoms with van der Waals surface area (Å²) < 4.78 is 10.2. The number of aryl methyl sites for hydroxylation is 2. The van der Waals surface area contributed by atoms with Gasteiger partial charge in [0.2, 0.25) is 5.95 Å². The van der Waals surface area contributed by atoms with Crippen molar-refractivity contribution in [3.05, 3.63) is 86.6 Å². The first kappa shape index (κ1) is 20.8. The van der Waals surface area contributed by atoms with Crippen LogP contribution in [0.5, 0.6) is 5.75 Å². The van der Waals surface area contributed by atoms with Gasteiger partial charge in [-0.05, 0) is 30.2 Å². The second-order valence-corrected chi connectivity index (χ2v) is 8.13. The molecule has 0 amide bonds. The Morgan fingerprint density at radius 1 is 1.09 bits per heavy atom. The molecular weight excluding hydrogens is 418 g/mol. The number of anilines is 2. The first-order valence-electron chi connectivity index (χ1n) is 10.8. The van der Waals surface area contributed by atoms with Gasteiger partial charge in [-0.3, -0.25) is 13.9 Å². The molecule has 1 aliphatic heterocycles. The van der Waals surface area contributed by atoms with Gasteiger partial charge >= 0.3 is 5.69 Å². The number of imidazole rings is 1. The minimum Gasteiger partial charge on any atom is -0.495 e. The van der Waals surface area contributed by atoms with Crippen LogP contribution in [0.2, 0.25) is 0 Å². The number of allylic oxidation sites excluding steroid dienone is 1. The van der Waals surface area contributed by atoms with Crippen molar-refractivity contribution in [1.82, 2.24) is 18.7 Å². The Bertz CT molecular complexity index is 1490. The van der Waals surface area contributed by atoms with Gasteiger partial charge in [-0.15, -0.1) is 0 Å². The van der Waals surface area contributed by atoms with Crippen molar-refractivity contribution < 1.29 is 4.74 Å². The number of aromatic nitrogens is 4. The number of methoxy groups -OCH3 is 1. The van der Waals surface area contributed by atoms with Crippen LogP contribution in [-0.2, 0) is 20.1 Å². The second kappa shape index (κ2) is 8.12. The summed E-state index contributed by atoms with van der Waals surface area (Å²) >= 11 is 0. The monoisotopic (exact) mass is 443 g/mol. The molecule has 2 aromatic heterocycles. The molecule has 1 aliphatic rings. The molecule has 0 N–H and O–H groups in total. The van der Waals surface area contributed by atoms with Crippen LogP contribution in [0.15, 0.2) is 64.2 Å². The molecule has 0 radical (unpaired) electrons. The van der Waals surface area contributed by atoms with Gasteiger partial charge in [-0.1, -0.05) is 48.6 Å². The van der Waals surface area contributed by atoms with E-state index in [0.29, 0.717) is 30.2 Å². The highest BCUT2D eigenvalue weighted by Crippen LogP contribution is 2.37. The molecule has 0 saturated carbocycles. The lowest BCUT2D eigenvalue weighted by Gasteiger charge is -2.19. The van der Waals surface area contributed by atoms with Crippen molar-refractivity contribution in [3.8, 4) is 5.75 Å². The molecule has 168 valence electrons. The quantitative estimate of drug-likeness (QED) is 0.474. The standard InChI is InChI=1S/C25H25N5O3/c1-17-11-12-20(33-3)19(16-17)28-14-15-29-21-22(26-24(28)29)27(2)25(32)30(23(21)31)13-7-10-18-8-5-4-6-9-18/h4-12,16H,13-15H2,1-3H3. The van der Waals surface area contributed by atoms with Crippen LogP contribution < -0.4 is 20.9 Å². The van der Waals surface area contributed by atoms with Gasteiger partial charge in [-0.2, -0.15) is 4.98 Å². The zero-order chi connectivity index (χ0) is 23.1. The van der Waals surface area contributed by atoms with E-state index in [1.165, 1.54) is 9.13 Å². The first-order chi connectivity index (χ1) is 16.0. The van der Waals surface area contributed by atoms with E-state index in [0.717, 1.165) is 22.6 Å². The molecule has 0 unspecified atom stereocenters. The van der Waals surface area contributed by atoms with Crippen molar-refractivity contribution in [2.24, 2.45) is 7.05 Å². The summed E-state index contributed by atoms with van der Waals surface area (Å²) in [6, 6.07) is 15.7. The number of hydrogen-bond donors (Lipinski definition) is 0. The number of nitrogens with zero attached hydrogens (tertiary/aromatic N) is 5. The minimum atomic E-state index is -0.387. The molecule has 0 fully saturated rings. The Kier molecular flexibility index (Phi) is 5.12. The zero-order valence-electron chi connectivity index (χ0n) is 18.9. The van der Waals surface area contributed by atoms with Crippen molar-refractivity contribution in [2.45, 2.75) is 20.0 Å². The Labute approximate surface area is 190 Å². The Morgan fingerprint density at radius 3 is 2.64 bits per heavy atom. The van der Waals surface area contributed by atoms with Crippen molar-refractivity contribution in [2.75, 3.05) is 18.6 Å². The van der Waals surface area contributed by atoms with E-state index < -0.39 is 0 Å². The minimum absolute atomic E-state index is 0.187. The predicted molar refractivity (Wildman–Crippen MR) is 129 cm³/mol. The third kappa shape index (κ3) is 3.44. The molecular formula is C25H25N5O3. The molecule has 5 rings (SSSR count). The highest BCUT2D eigenvalue weighted by Gasteiger charge is 2.30. The molecule has 3 heterocycles. The van der Waals surface area contributed by atoms with Gasteiger partial charge in [0, 0.05) is 26.7 Å². The Morgan fingerprint density at radius 2 is 1.88 bits per heavy atom. The van der Waals surface area contributed by atoms with Gasteiger partial charge in [0.05, 0.1) is 12.8 Å². The van der Waals surface area contributed by atoms with Crippen LogP contribution >= 0.6 is 0 Å². The van der Waals surface area contributed by atoms with Crippen LogP contribution in [0.4, 0.5) is 11.6 Å². The molecule has 0 saturated heterocycles. The van der Waals surface area contributed by atoms with E-state index in [-0.39, 0.29) is 17.8 Å². The summed E-state index contributed by atoms with van der Waals surface area (Å²) in [4.78, 5) is 33.1. The highest BCUT2D eigenvalue weighted by atomic mass is 16.5. The third-order valence-corrected chi connectivity index (χ3v) is 6.02.